The van der Waals surface area contributed by atoms with Crippen LogP contribution in [0.4, 0.5) is 0 Å². The van der Waals surface area contributed by atoms with Gasteiger partial charge in [0, 0.05) is 18.3 Å². The minimum absolute atomic E-state index is 0.120. The molecule has 1 aromatic heterocycles. The van der Waals surface area contributed by atoms with E-state index in [1.54, 1.807) is 6.26 Å². The van der Waals surface area contributed by atoms with E-state index in [0.29, 0.717) is 18.4 Å². The van der Waals surface area contributed by atoms with Crippen molar-refractivity contribution >= 4 is 5.91 Å². The van der Waals surface area contributed by atoms with E-state index in [1.165, 1.54) is 0 Å². The highest BCUT2D eigenvalue weighted by atomic mass is 17.3. The highest BCUT2D eigenvalue weighted by Crippen LogP contribution is 2.60. The Labute approximate surface area is 153 Å². The summed E-state index contributed by atoms with van der Waals surface area (Å²) in [4.78, 5) is 27.2. The summed E-state index contributed by atoms with van der Waals surface area (Å²) < 4.78 is 12.0. The average Bonchev–Trinajstić information content (AvgIpc) is 3.03. The normalized spacial score (nSPS) is 47.6. The fourth-order valence-electron chi connectivity index (χ4n) is 5.88. The fraction of sp³-hybridized carbons (Fsp3) is 0.750. The Morgan fingerprint density at radius 3 is 2.81 bits per heavy atom. The molecule has 5 heterocycles. The first-order valence-electron chi connectivity index (χ1n) is 9.82. The van der Waals surface area contributed by atoms with Gasteiger partial charge in [-0.3, -0.25) is 4.79 Å². The maximum Gasteiger partial charge on any atom is 0.228 e. The third kappa shape index (κ3) is 2.12. The molecule has 2 bridgehead atoms. The molecule has 4 aliphatic heterocycles. The molecule has 6 heteroatoms. The number of nitrogens with zero attached hydrogens (tertiary/aromatic N) is 1. The van der Waals surface area contributed by atoms with Gasteiger partial charge in [0.1, 0.15) is 5.76 Å². The van der Waals surface area contributed by atoms with E-state index in [-0.39, 0.29) is 17.7 Å². The van der Waals surface area contributed by atoms with Gasteiger partial charge in [-0.05, 0) is 50.2 Å². The lowest BCUT2D eigenvalue weighted by atomic mass is 9.57. The molecule has 0 radical (unpaired) electrons. The summed E-state index contributed by atoms with van der Waals surface area (Å²) in [5, 5.41) is 0. The lowest BCUT2D eigenvalue weighted by Crippen LogP contribution is -2.74. The largest absolute Gasteiger partial charge is 0.467 e. The predicted octanol–water partition coefficient (Wildman–Crippen LogP) is 3.47. The SMILES string of the molecule is C[C@H]1CC[C@H]2[C@@H](C)C(=O)N(Cc3ccco3)[C@H]3O[C@@]4(C)CC[C@@H]1[C@]32OO4. The second kappa shape index (κ2) is 5.57. The molecule has 6 nitrogen and oxygen atoms in total. The minimum Gasteiger partial charge on any atom is -0.467 e. The van der Waals surface area contributed by atoms with Crippen LogP contribution in [0.15, 0.2) is 22.8 Å². The van der Waals surface area contributed by atoms with E-state index < -0.39 is 17.6 Å². The fourth-order valence-corrected chi connectivity index (χ4v) is 5.88. The van der Waals surface area contributed by atoms with Gasteiger partial charge in [-0.25, -0.2) is 9.78 Å². The number of rotatable bonds is 2. The average molecular weight is 361 g/mol. The van der Waals surface area contributed by atoms with Crippen molar-refractivity contribution in [2.24, 2.45) is 23.7 Å². The first-order chi connectivity index (χ1) is 12.4. The van der Waals surface area contributed by atoms with Gasteiger partial charge >= 0.3 is 0 Å². The van der Waals surface area contributed by atoms with Crippen LogP contribution in [0.5, 0.6) is 0 Å². The van der Waals surface area contributed by atoms with E-state index in [2.05, 4.69) is 6.92 Å². The molecule has 0 aromatic carbocycles. The summed E-state index contributed by atoms with van der Waals surface area (Å²) in [6, 6.07) is 3.75. The molecule has 7 atom stereocenters. The lowest BCUT2D eigenvalue weighted by Gasteiger charge is -2.61. The number of fused-ring (bicyclic) bond motifs is 2. The third-order valence-corrected chi connectivity index (χ3v) is 7.26. The zero-order valence-electron chi connectivity index (χ0n) is 15.6. The molecule has 4 saturated heterocycles. The lowest BCUT2D eigenvalue weighted by molar-refractivity contribution is -0.548. The van der Waals surface area contributed by atoms with Crippen molar-refractivity contribution in [2.45, 2.75) is 70.6 Å². The van der Waals surface area contributed by atoms with Gasteiger partial charge in [0.25, 0.3) is 0 Å². The number of ether oxygens (including phenoxy) is 1. The first kappa shape index (κ1) is 16.8. The number of piperidine rings is 1. The summed E-state index contributed by atoms with van der Waals surface area (Å²) in [6.07, 6.45) is 5.08. The Bertz CT molecular complexity index is 705. The molecule has 142 valence electrons. The smallest absolute Gasteiger partial charge is 0.228 e. The topological polar surface area (TPSA) is 61.1 Å². The van der Waals surface area contributed by atoms with Crippen LogP contribution in [-0.2, 0) is 25.9 Å². The van der Waals surface area contributed by atoms with Crippen molar-refractivity contribution in [2.75, 3.05) is 0 Å². The number of amides is 1. The van der Waals surface area contributed by atoms with E-state index in [0.717, 1.165) is 31.4 Å². The Hall–Kier alpha value is -1.37. The summed E-state index contributed by atoms with van der Waals surface area (Å²) in [5.74, 6) is 0.922. The van der Waals surface area contributed by atoms with Gasteiger partial charge in [0.2, 0.25) is 11.7 Å². The molecule has 1 spiro atoms. The van der Waals surface area contributed by atoms with Crippen LogP contribution in [-0.4, -0.2) is 28.4 Å². The highest BCUT2D eigenvalue weighted by Gasteiger charge is 2.70. The number of hydrogen-bond donors (Lipinski definition) is 0. The second-order valence-electron chi connectivity index (χ2n) is 8.76. The van der Waals surface area contributed by atoms with Crippen molar-refractivity contribution in [3.63, 3.8) is 0 Å². The van der Waals surface area contributed by atoms with Crippen molar-refractivity contribution in [1.29, 1.82) is 0 Å². The minimum atomic E-state index is -0.806. The van der Waals surface area contributed by atoms with Gasteiger partial charge < -0.3 is 14.1 Å². The van der Waals surface area contributed by atoms with Gasteiger partial charge in [0.05, 0.1) is 12.8 Å². The number of carbonyl (C=O) groups is 1. The van der Waals surface area contributed by atoms with Gasteiger partial charge in [0.15, 0.2) is 11.8 Å². The van der Waals surface area contributed by atoms with E-state index >= 15 is 0 Å². The van der Waals surface area contributed by atoms with Crippen molar-refractivity contribution in [3.8, 4) is 0 Å². The molecular formula is C20H27NO5. The number of carbonyl (C=O) groups excluding carboxylic acids is 1. The van der Waals surface area contributed by atoms with Crippen LogP contribution in [0.1, 0.15) is 52.2 Å². The molecule has 5 fully saturated rings. The number of hydrogen-bond acceptors (Lipinski definition) is 5. The van der Waals surface area contributed by atoms with Crippen molar-refractivity contribution in [1.82, 2.24) is 4.90 Å². The summed E-state index contributed by atoms with van der Waals surface area (Å²) in [5.41, 5.74) is -0.590. The monoisotopic (exact) mass is 361 g/mol. The molecule has 1 saturated carbocycles. The molecule has 6 rings (SSSR count). The third-order valence-electron chi connectivity index (χ3n) is 7.26. The maximum absolute atomic E-state index is 13.3. The van der Waals surface area contributed by atoms with E-state index in [9.17, 15) is 4.79 Å². The summed E-state index contributed by atoms with van der Waals surface area (Å²) >= 11 is 0. The van der Waals surface area contributed by atoms with Crippen LogP contribution in [0.2, 0.25) is 0 Å². The van der Waals surface area contributed by atoms with Crippen LogP contribution in [0.25, 0.3) is 0 Å². The Morgan fingerprint density at radius 2 is 2.04 bits per heavy atom. The van der Waals surface area contributed by atoms with Gasteiger partial charge in [-0.1, -0.05) is 13.8 Å². The van der Waals surface area contributed by atoms with Crippen LogP contribution in [0, 0.1) is 23.7 Å². The van der Waals surface area contributed by atoms with Crippen LogP contribution in [0.3, 0.4) is 0 Å². The van der Waals surface area contributed by atoms with Crippen molar-refractivity contribution in [3.05, 3.63) is 24.2 Å². The van der Waals surface area contributed by atoms with Crippen molar-refractivity contribution < 1.29 is 23.7 Å². The molecule has 1 aliphatic carbocycles. The predicted molar refractivity (Wildman–Crippen MR) is 91.2 cm³/mol. The van der Waals surface area contributed by atoms with E-state index in [1.807, 2.05) is 30.9 Å². The van der Waals surface area contributed by atoms with Crippen LogP contribution < -0.4 is 0 Å². The molecule has 0 N–H and O–H groups in total. The second-order valence-corrected chi connectivity index (χ2v) is 8.76. The molecule has 1 amide bonds. The number of furan rings is 1. The highest BCUT2D eigenvalue weighted by molar-refractivity contribution is 5.80. The zero-order chi connectivity index (χ0) is 18.1. The number of likely N-dealkylation sites (tertiary alicyclic amines) is 1. The zero-order valence-corrected chi connectivity index (χ0v) is 15.6. The standard InChI is InChI=1S/C20H27NO5/c1-12-6-7-16-13(2)17(22)21(11-14-5-4-10-23-14)18-20(16)15(12)8-9-19(3,24-18)25-26-20/h4-5,10,12-13,15-16,18H,6-9,11H2,1-3H3/t12-,13+,15-,16-,18-,19+,20+/m0/s1. The molecule has 5 aliphatic rings. The van der Waals surface area contributed by atoms with Gasteiger partial charge in [-0.15, -0.1) is 0 Å². The Kier molecular flexibility index (Phi) is 3.59. The summed E-state index contributed by atoms with van der Waals surface area (Å²) in [6.45, 7) is 6.65. The first-order valence-corrected chi connectivity index (χ1v) is 9.82. The quantitative estimate of drug-likeness (QED) is 0.755. The van der Waals surface area contributed by atoms with Crippen LogP contribution >= 0.6 is 0 Å². The Morgan fingerprint density at radius 1 is 1.19 bits per heavy atom. The molecule has 1 aromatic rings. The van der Waals surface area contributed by atoms with E-state index in [4.69, 9.17) is 18.9 Å². The molecular weight excluding hydrogens is 334 g/mol. The Balaban J connectivity index is 1.62. The summed E-state index contributed by atoms with van der Waals surface area (Å²) in [7, 11) is 0. The maximum atomic E-state index is 13.3. The molecule has 0 unspecified atom stereocenters. The van der Waals surface area contributed by atoms with Gasteiger partial charge in [-0.2, -0.15) is 0 Å². The molecule has 26 heavy (non-hydrogen) atoms.